The summed E-state index contributed by atoms with van der Waals surface area (Å²) in [5.41, 5.74) is 1.84. The second-order valence-corrected chi connectivity index (χ2v) is 6.72. The molecular weight excluding hydrogens is 320 g/mol. The number of benzene rings is 1. The van der Waals surface area contributed by atoms with Gasteiger partial charge in [-0.1, -0.05) is 18.2 Å². The van der Waals surface area contributed by atoms with E-state index in [1.54, 1.807) is 18.2 Å². The van der Waals surface area contributed by atoms with Crippen LogP contribution in [0.5, 0.6) is 0 Å². The van der Waals surface area contributed by atoms with Crippen molar-refractivity contribution in [3.05, 3.63) is 41.5 Å². The Morgan fingerprint density at radius 3 is 2.48 bits per heavy atom. The summed E-state index contributed by atoms with van der Waals surface area (Å²) >= 11 is 0. The number of carboxylic acids is 1. The predicted molar refractivity (Wildman–Crippen MR) is 93.2 cm³/mol. The predicted octanol–water partition coefficient (Wildman–Crippen LogP) is 2.21. The normalized spacial score (nSPS) is 26.5. The molecule has 1 fully saturated rings. The number of nitrogens with one attached hydrogen (secondary N) is 2. The zero-order valence-electron chi connectivity index (χ0n) is 14.3. The average molecular weight is 342 g/mol. The summed E-state index contributed by atoms with van der Waals surface area (Å²) in [5, 5.41) is 15.0. The minimum absolute atomic E-state index is 0.0296. The molecule has 2 amide bonds. The molecule has 0 saturated heterocycles. The van der Waals surface area contributed by atoms with Gasteiger partial charge in [-0.05, 0) is 49.8 Å². The topological polar surface area (TPSA) is 95.5 Å². The van der Waals surface area contributed by atoms with Gasteiger partial charge in [0.05, 0.1) is 11.8 Å². The van der Waals surface area contributed by atoms with E-state index in [2.05, 4.69) is 10.6 Å². The summed E-state index contributed by atoms with van der Waals surface area (Å²) in [4.78, 5) is 36.3. The van der Waals surface area contributed by atoms with Crippen molar-refractivity contribution in [2.45, 2.75) is 20.3 Å². The van der Waals surface area contributed by atoms with Crippen LogP contribution in [0.4, 0.5) is 5.69 Å². The standard InChI is InChI=1S/C19H22N2O4/c1-3-20-17(22)13-5-4-10(2)14(9-13)21-18(23)15-11-6-7-12(8-11)16(15)19(24)25/h4-7,9,11-12,15-16H,3,8H2,1-2H3,(H,20,22)(H,21,23)(H,24,25)/t11-,12-,15+,16+/m0/s1. The molecule has 6 nitrogen and oxygen atoms in total. The van der Waals surface area contributed by atoms with Crippen molar-refractivity contribution < 1.29 is 19.5 Å². The third kappa shape index (κ3) is 3.16. The summed E-state index contributed by atoms with van der Waals surface area (Å²) in [6.07, 6.45) is 4.58. The number of rotatable bonds is 5. The number of carboxylic acid groups (broad SMARTS) is 1. The third-order valence-corrected chi connectivity index (χ3v) is 5.14. The van der Waals surface area contributed by atoms with E-state index in [9.17, 15) is 19.5 Å². The average Bonchev–Trinajstić information content (AvgIpc) is 3.18. The summed E-state index contributed by atoms with van der Waals surface area (Å²) in [6.45, 7) is 4.20. The number of carbonyl (C=O) groups is 3. The van der Waals surface area contributed by atoms with Crippen LogP contribution in [0.15, 0.2) is 30.4 Å². The van der Waals surface area contributed by atoms with E-state index >= 15 is 0 Å². The molecule has 0 aromatic heterocycles. The highest BCUT2D eigenvalue weighted by Crippen LogP contribution is 2.48. The first-order valence-corrected chi connectivity index (χ1v) is 8.53. The molecule has 1 aromatic rings. The van der Waals surface area contributed by atoms with Gasteiger partial charge < -0.3 is 15.7 Å². The highest BCUT2D eigenvalue weighted by Gasteiger charge is 2.51. The van der Waals surface area contributed by atoms with Crippen molar-refractivity contribution in [1.29, 1.82) is 0 Å². The fraction of sp³-hybridized carbons (Fsp3) is 0.421. The van der Waals surface area contributed by atoms with Crippen LogP contribution >= 0.6 is 0 Å². The number of aliphatic carboxylic acids is 1. The molecule has 2 aliphatic rings. The van der Waals surface area contributed by atoms with Crippen LogP contribution < -0.4 is 10.6 Å². The minimum atomic E-state index is -0.926. The lowest BCUT2D eigenvalue weighted by Gasteiger charge is -2.24. The van der Waals surface area contributed by atoms with Crippen molar-refractivity contribution in [3.63, 3.8) is 0 Å². The lowest BCUT2D eigenvalue weighted by Crippen LogP contribution is -2.36. The van der Waals surface area contributed by atoms with Crippen LogP contribution in [-0.4, -0.2) is 29.4 Å². The zero-order chi connectivity index (χ0) is 18.1. The molecular formula is C19H22N2O4. The minimum Gasteiger partial charge on any atom is -0.481 e. The summed E-state index contributed by atoms with van der Waals surface area (Å²) in [5.74, 6) is -2.77. The Morgan fingerprint density at radius 1 is 1.16 bits per heavy atom. The van der Waals surface area contributed by atoms with Crippen molar-refractivity contribution in [1.82, 2.24) is 5.32 Å². The molecule has 2 aliphatic carbocycles. The van der Waals surface area contributed by atoms with Gasteiger partial charge in [0, 0.05) is 17.8 Å². The van der Waals surface area contributed by atoms with E-state index < -0.39 is 17.8 Å². The van der Waals surface area contributed by atoms with E-state index in [0.717, 1.165) is 5.56 Å². The number of hydrogen-bond donors (Lipinski definition) is 3. The first-order valence-electron chi connectivity index (χ1n) is 8.53. The molecule has 6 heteroatoms. The third-order valence-electron chi connectivity index (χ3n) is 5.14. The van der Waals surface area contributed by atoms with Crippen molar-refractivity contribution in [2.24, 2.45) is 23.7 Å². The molecule has 0 aliphatic heterocycles. The summed E-state index contributed by atoms with van der Waals surface area (Å²) in [6, 6.07) is 5.11. The molecule has 3 rings (SSSR count). The molecule has 3 N–H and O–H groups in total. The maximum absolute atomic E-state index is 12.8. The van der Waals surface area contributed by atoms with Gasteiger partial charge in [-0.15, -0.1) is 0 Å². The molecule has 2 bridgehead atoms. The quantitative estimate of drug-likeness (QED) is 0.715. The van der Waals surface area contributed by atoms with Crippen LogP contribution in [0.1, 0.15) is 29.3 Å². The number of aryl methyl sites for hydroxylation is 1. The highest BCUT2D eigenvalue weighted by atomic mass is 16.4. The Kier molecular flexibility index (Phi) is 4.61. The first kappa shape index (κ1) is 17.2. The second-order valence-electron chi connectivity index (χ2n) is 6.72. The van der Waals surface area contributed by atoms with Gasteiger partial charge in [-0.3, -0.25) is 14.4 Å². The summed E-state index contributed by atoms with van der Waals surface area (Å²) in [7, 11) is 0. The van der Waals surface area contributed by atoms with E-state index in [0.29, 0.717) is 24.2 Å². The molecule has 0 unspecified atom stereocenters. The molecule has 0 spiro atoms. The second kappa shape index (κ2) is 6.70. The lowest BCUT2D eigenvalue weighted by atomic mass is 9.82. The van der Waals surface area contributed by atoms with E-state index in [1.165, 1.54) is 0 Å². The van der Waals surface area contributed by atoms with Gasteiger partial charge in [0.15, 0.2) is 0 Å². The monoisotopic (exact) mass is 342 g/mol. The molecule has 1 aromatic carbocycles. The van der Waals surface area contributed by atoms with Gasteiger partial charge in [-0.25, -0.2) is 0 Å². The maximum Gasteiger partial charge on any atom is 0.307 e. The number of allylic oxidation sites excluding steroid dienone is 2. The lowest BCUT2D eigenvalue weighted by molar-refractivity contribution is -0.146. The molecule has 1 saturated carbocycles. The van der Waals surface area contributed by atoms with Crippen LogP contribution in [0.25, 0.3) is 0 Å². The smallest absolute Gasteiger partial charge is 0.307 e. The number of fused-ring (bicyclic) bond motifs is 2. The van der Waals surface area contributed by atoms with Gasteiger partial charge >= 0.3 is 5.97 Å². The maximum atomic E-state index is 12.8. The fourth-order valence-electron chi connectivity index (χ4n) is 3.89. The van der Waals surface area contributed by atoms with Gasteiger partial charge in [0.1, 0.15) is 0 Å². The Bertz CT molecular complexity index is 756. The molecule has 0 heterocycles. The van der Waals surface area contributed by atoms with Crippen LogP contribution in [-0.2, 0) is 9.59 Å². The van der Waals surface area contributed by atoms with Crippen LogP contribution in [0.2, 0.25) is 0 Å². The summed E-state index contributed by atoms with van der Waals surface area (Å²) < 4.78 is 0. The SMILES string of the molecule is CCNC(=O)c1ccc(C)c(NC(=O)[C@H]2[C@H](C(=O)O)[C@H]3C=C[C@H]2C3)c1. The van der Waals surface area contributed by atoms with Crippen molar-refractivity contribution >= 4 is 23.5 Å². The molecule has 25 heavy (non-hydrogen) atoms. The largest absolute Gasteiger partial charge is 0.481 e. The van der Waals surface area contributed by atoms with Crippen molar-refractivity contribution in [2.75, 3.05) is 11.9 Å². The van der Waals surface area contributed by atoms with Gasteiger partial charge in [0.2, 0.25) is 5.91 Å². The number of hydrogen-bond acceptors (Lipinski definition) is 3. The van der Waals surface area contributed by atoms with Crippen LogP contribution in [0.3, 0.4) is 0 Å². The molecule has 4 atom stereocenters. The van der Waals surface area contributed by atoms with Crippen LogP contribution in [0, 0.1) is 30.6 Å². The van der Waals surface area contributed by atoms with Gasteiger partial charge in [0.25, 0.3) is 5.91 Å². The fourth-order valence-corrected chi connectivity index (χ4v) is 3.89. The Hall–Kier alpha value is -2.63. The van der Waals surface area contributed by atoms with E-state index in [4.69, 9.17) is 0 Å². The van der Waals surface area contributed by atoms with E-state index in [1.807, 2.05) is 26.0 Å². The number of carbonyl (C=O) groups excluding carboxylic acids is 2. The van der Waals surface area contributed by atoms with Crippen molar-refractivity contribution in [3.8, 4) is 0 Å². The Morgan fingerprint density at radius 2 is 1.84 bits per heavy atom. The van der Waals surface area contributed by atoms with Gasteiger partial charge in [-0.2, -0.15) is 0 Å². The first-order chi connectivity index (χ1) is 11.9. The highest BCUT2D eigenvalue weighted by molar-refractivity contribution is 5.99. The zero-order valence-corrected chi connectivity index (χ0v) is 14.3. The molecule has 132 valence electrons. The Balaban J connectivity index is 1.81. The number of anilines is 1. The molecule has 0 radical (unpaired) electrons. The van der Waals surface area contributed by atoms with E-state index in [-0.39, 0.29) is 23.7 Å². The Labute approximate surface area is 146 Å². The number of amides is 2.